The molecule has 2 aliphatic rings. The Morgan fingerprint density at radius 2 is 1.78 bits per heavy atom. The molecule has 2 saturated heterocycles. The van der Waals surface area contributed by atoms with Gasteiger partial charge in [0.2, 0.25) is 5.91 Å². The quantitative estimate of drug-likeness (QED) is 0.382. The number of fused-ring (bicyclic) bond motifs is 1. The summed E-state index contributed by atoms with van der Waals surface area (Å²) in [5.41, 5.74) is 3.53. The molecule has 0 aliphatic carbocycles. The summed E-state index contributed by atoms with van der Waals surface area (Å²) in [7, 11) is 0. The Bertz CT molecular complexity index is 1290. The number of hydrogen-bond donors (Lipinski definition) is 1. The van der Waals surface area contributed by atoms with E-state index < -0.39 is 0 Å². The van der Waals surface area contributed by atoms with Crippen LogP contribution in [0.3, 0.4) is 0 Å². The largest absolute Gasteiger partial charge is 0.447 e. The highest BCUT2D eigenvalue weighted by molar-refractivity contribution is 6.00. The Labute approximate surface area is 209 Å². The minimum Gasteiger partial charge on any atom is -0.447 e. The first-order chi connectivity index (χ1) is 17.7. The molecular formula is C28H28N4O4. The lowest BCUT2D eigenvalue weighted by Gasteiger charge is -2.35. The number of alkyl carbamates (subject to hydrolysis) is 1. The Hall–Kier alpha value is -4.46. The molecule has 2 aromatic heterocycles. The zero-order valence-electron chi connectivity index (χ0n) is 20.2. The number of cyclic esters (lactones) is 1. The van der Waals surface area contributed by atoms with Crippen LogP contribution >= 0.6 is 0 Å². The maximum absolute atomic E-state index is 11.9. The van der Waals surface area contributed by atoms with Crippen LogP contribution in [0.4, 0.5) is 10.8 Å². The van der Waals surface area contributed by atoms with Gasteiger partial charge in [0.05, 0.1) is 18.5 Å². The Balaban J connectivity index is 0.000000184. The molecule has 2 aliphatic heterocycles. The molecule has 4 aromatic rings. The van der Waals surface area contributed by atoms with Crippen LogP contribution in [0.1, 0.15) is 37.4 Å². The van der Waals surface area contributed by atoms with E-state index in [4.69, 9.17) is 9.15 Å². The third kappa shape index (κ3) is 5.78. The molecule has 8 heteroatoms. The van der Waals surface area contributed by atoms with Crippen LogP contribution in [-0.4, -0.2) is 34.6 Å². The predicted molar refractivity (Wildman–Crippen MR) is 138 cm³/mol. The van der Waals surface area contributed by atoms with Gasteiger partial charge in [-0.1, -0.05) is 74.5 Å². The second kappa shape index (κ2) is 11.8. The van der Waals surface area contributed by atoms with Gasteiger partial charge in [0.1, 0.15) is 12.1 Å². The summed E-state index contributed by atoms with van der Waals surface area (Å²) in [5.74, 6) is 0.0207. The monoisotopic (exact) mass is 484 g/mol. The number of hydrogen-bond acceptors (Lipinski definition) is 6. The molecule has 2 fully saturated rings. The molecule has 6 rings (SSSR count). The number of rotatable bonds is 4. The molecule has 0 bridgehead atoms. The molecule has 1 N–H and O–H groups in total. The second-order valence-corrected chi connectivity index (χ2v) is 7.85. The van der Waals surface area contributed by atoms with Gasteiger partial charge in [0, 0.05) is 12.4 Å². The number of carbonyl (C=O) groups is 2. The van der Waals surface area contributed by atoms with Crippen molar-refractivity contribution in [2.75, 3.05) is 11.5 Å². The topological polar surface area (TPSA) is 97.6 Å². The number of carbonyl (C=O) groups excluding carboxylic acids is 2. The molecule has 2 amide bonds. The number of anilines is 1. The van der Waals surface area contributed by atoms with Crippen LogP contribution in [0.2, 0.25) is 0 Å². The van der Waals surface area contributed by atoms with E-state index in [1.54, 1.807) is 17.3 Å². The summed E-state index contributed by atoms with van der Waals surface area (Å²) >= 11 is 0. The molecule has 0 saturated carbocycles. The Kier molecular flexibility index (Phi) is 8.08. The maximum atomic E-state index is 11.9. The number of oxazole rings is 1. The number of ether oxygens (including phenoxy) is 1. The van der Waals surface area contributed by atoms with E-state index in [0.717, 1.165) is 16.6 Å². The van der Waals surface area contributed by atoms with Crippen LogP contribution in [-0.2, 0) is 9.53 Å². The van der Waals surface area contributed by atoms with Crippen LogP contribution in [0.15, 0.2) is 89.6 Å². The summed E-state index contributed by atoms with van der Waals surface area (Å²) < 4.78 is 10.4. The highest BCUT2D eigenvalue weighted by Gasteiger charge is 2.38. The number of nitrogens with zero attached hydrogens (tertiary/aromatic N) is 3. The summed E-state index contributed by atoms with van der Waals surface area (Å²) in [6.07, 6.45) is 7.59. The Morgan fingerprint density at radius 3 is 2.44 bits per heavy atom. The standard InChI is InChI=1S/C17H13N3O2.C9H9NO2.C2H6/c21-16-10-13(8-7-12-4-3-9-18-11-12)20(16)17-19-14-5-1-2-6-15(14)22-17;11-9-10-8(6-12-9)7-4-2-1-3-5-7;1-2/h1-9,11,13H,10H2;1-5,8H,6H2,(H,10,11);1-2H3/b8-7+;;/t13-;8-;/m11./s1. The molecule has 2 atom stereocenters. The summed E-state index contributed by atoms with van der Waals surface area (Å²) in [4.78, 5) is 32.6. The van der Waals surface area contributed by atoms with E-state index >= 15 is 0 Å². The number of amides is 2. The molecule has 184 valence electrons. The summed E-state index contributed by atoms with van der Waals surface area (Å²) in [6.45, 7) is 4.43. The number of para-hydroxylation sites is 2. The average Bonchev–Trinajstić information content (AvgIpc) is 3.55. The zero-order valence-corrected chi connectivity index (χ0v) is 20.2. The number of nitrogens with one attached hydrogen (secondary N) is 1. The summed E-state index contributed by atoms with van der Waals surface area (Å²) in [5, 5.41) is 2.71. The second-order valence-electron chi connectivity index (χ2n) is 7.85. The van der Waals surface area contributed by atoms with Gasteiger partial charge in [0.15, 0.2) is 5.58 Å². The molecule has 36 heavy (non-hydrogen) atoms. The van der Waals surface area contributed by atoms with Crippen LogP contribution in [0.5, 0.6) is 0 Å². The van der Waals surface area contributed by atoms with Crippen LogP contribution in [0.25, 0.3) is 17.2 Å². The minimum atomic E-state index is -0.330. The van der Waals surface area contributed by atoms with Crippen molar-refractivity contribution in [3.63, 3.8) is 0 Å². The van der Waals surface area contributed by atoms with E-state index in [9.17, 15) is 9.59 Å². The van der Waals surface area contributed by atoms with Crippen molar-refractivity contribution in [3.05, 3.63) is 96.3 Å². The Morgan fingerprint density at radius 1 is 1.00 bits per heavy atom. The third-order valence-corrected chi connectivity index (χ3v) is 5.54. The van der Waals surface area contributed by atoms with Crippen molar-refractivity contribution in [2.24, 2.45) is 0 Å². The van der Waals surface area contributed by atoms with Gasteiger partial charge in [-0.3, -0.25) is 14.7 Å². The maximum Gasteiger partial charge on any atom is 0.407 e. The highest BCUT2D eigenvalue weighted by Crippen LogP contribution is 2.31. The lowest BCUT2D eigenvalue weighted by Crippen LogP contribution is -2.52. The fourth-order valence-electron chi connectivity index (χ4n) is 3.75. The fourth-order valence-corrected chi connectivity index (χ4v) is 3.75. The predicted octanol–water partition coefficient (Wildman–Crippen LogP) is 5.54. The van der Waals surface area contributed by atoms with Crippen LogP contribution in [0, 0.1) is 0 Å². The van der Waals surface area contributed by atoms with Crippen molar-refractivity contribution in [1.82, 2.24) is 15.3 Å². The molecule has 0 spiro atoms. The molecular weight excluding hydrogens is 456 g/mol. The molecule has 8 nitrogen and oxygen atoms in total. The molecule has 2 aromatic carbocycles. The van der Waals surface area contributed by atoms with Gasteiger partial charge in [-0.25, -0.2) is 4.79 Å². The van der Waals surface area contributed by atoms with Crippen molar-refractivity contribution in [3.8, 4) is 0 Å². The molecule has 0 unspecified atom stereocenters. The van der Waals surface area contributed by atoms with Gasteiger partial charge in [-0.15, -0.1) is 0 Å². The summed E-state index contributed by atoms with van der Waals surface area (Å²) in [6, 6.07) is 21.5. The van der Waals surface area contributed by atoms with E-state index in [2.05, 4.69) is 15.3 Å². The van der Waals surface area contributed by atoms with Gasteiger partial charge in [-0.05, 0) is 29.3 Å². The van der Waals surface area contributed by atoms with Gasteiger partial charge < -0.3 is 14.5 Å². The molecule has 4 heterocycles. The van der Waals surface area contributed by atoms with Crippen molar-refractivity contribution in [2.45, 2.75) is 32.4 Å². The lowest BCUT2D eigenvalue weighted by molar-refractivity contribution is -0.123. The number of aromatic nitrogens is 2. The van der Waals surface area contributed by atoms with Gasteiger partial charge >= 0.3 is 12.1 Å². The van der Waals surface area contributed by atoms with E-state index in [1.165, 1.54) is 0 Å². The first kappa shape index (κ1) is 24.7. The lowest BCUT2D eigenvalue weighted by atomic mass is 10.0. The van der Waals surface area contributed by atoms with Gasteiger partial charge in [-0.2, -0.15) is 4.98 Å². The first-order valence-electron chi connectivity index (χ1n) is 11.9. The number of benzene rings is 2. The average molecular weight is 485 g/mol. The minimum absolute atomic E-state index is 0.0207. The normalized spacial score (nSPS) is 18.4. The number of pyridine rings is 1. The van der Waals surface area contributed by atoms with Crippen molar-refractivity contribution >= 4 is 35.2 Å². The van der Waals surface area contributed by atoms with Crippen molar-refractivity contribution in [1.29, 1.82) is 0 Å². The van der Waals surface area contributed by atoms with E-state index in [0.29, 0.717) is 24.6 Å². The SMILES string of the molecule is CC.O=C1C[C@@H](/C=C/c2cccnc2)N1c1nc2ccccc2o1.O=C1N[C@@H](c2ccccc2)CO1. The van der Waals surface area contributed by atoms with E-state index in [1.807, 2.05) is 92.7 Å². The van der Waals surface area contributed by atoms with E-state index in [-0.39, 0.29) is 24.1 Å². The first-order valence-corrected chi connectivity index (χ1v) is 11.9. The highest BCUT2D eigenvalue weighted by atomic mass is 16.6. The smallest absolute Gasteiger partial charge is 0.407 e. The van der Waals surface area contributed by atoms with Crippen LogP contribution < -0.4 is 10.2 Å². The van der Waals surface area contributed by atoms with Gasteiger partial charge in [0.25, 0.3) is 0 Å². The van der Waals surface area contributed by atoms with Crippen molar-refractivity contribution < 1.29 is 18.7 Å². The number of β-lactam (4-membered cyclic amide) rings is 1. The molecule has 0 radical (unpaired) electrons. The third-order valence-electron chi connectivity index (χ3n) is 5.54. The fraction of sp³-hybridized carbons (Fsp3) is 0.214. The zero-order chi connectivity index (χ0) is 25.3.